The van der Waals surface area contributed by atoms with Crippen LogP contribution in [0, 0.1) is 11.8 Å². The summed E-state index contributed by atoms with van der Waals surface area (Å²) in [7, 11) is -3.57. The molecular formula is C25H31N3O4S. The molecule has 0 aromatic heterocycles. The zero-order chi connectivity index (χ0) is 23.4. The van der Waals surface area contributed by atoms with Gasteiger partial charge in [-0.15, -0.1) is 0 Å². The summed E-state index contributed by atoms with van der Waals surface area (Å²) in [6.07, 6.45) is 2.97. The standard InChI is InChI=1S/C25H31N3O4S/c1-19-13-16-27(17-14-19)33(31,32)28-15-7-10-21(18-28)25(30)26-23-12-6-5-11-22(23)24(29)20-8-3-2-4-9-20/h2-6,8-9,11-12,19,21H,7,10,13-18H2,1H3,(H,26,30)/t21-/m1/s1. The van der Waals surface area contributed by atoms with Gasteiger partial charge in [-0.25, -0.2) is 0 Å². The van der Waals surface area contributed by atoms with E-state index in [9.17, 15) is 18.0 Å². The van der Waals surface area contributed by atoms with Crippen molar-refractivity contribution >= 4 is 27.6 Å². The Morgan fingerprint density at radius 2 is 1.55 bits per heavy atom. The van der Waals surface area contributed by atoms with Crippen molar-refractivity contribution in [1.82, 2.24) is 8.61 Å². The molecule has 0 unspecified atom stereocenters. The number of para-hydroxylation sites is 1. The maximum atomic E-state index is 13.1. The number of hydrogen-bond donors (Lipinski definition) is 1. The molecule has 1 N–H and O–H groups in total. The number of carbonyl (C=O) groups is 2. The Morgan fingerprint density at radius 1 is 0.879 bits per heavy atom. The van der Waals surface area contributed by atoms with E-state index >= 15 is 0 Å². The molecule has 2 heterocycles. The lowest BCUT2D eigenvalue weighted by molar-refractivity contribution is -0.120. The summed E-state index contributed by atoms with van der Waals surface area (Å²) in [6, 6.07) is 15.9. The molecule has 0 bridgehead atoms. The molecule has 8 heteroatoms. The number of hydrogen-bond acceptors (Lipinski definition) is 4. The van der Waals surface area contributed by atoms with Gasteiger partial charge in [0, 0.05) is 37.3 Å². The fourth-order valence-electron chi connectivity index (χ4n) is 4.51. The van der Waals surface area contributed by atoms with Crippen molar-refractivity contribution in [3.05, 3.63) is 65.7 Å². The molecule has 0 aliphatic carbocycles. The average Bonchev–Trinajstić information content (AvgIpc) is 2.85. The number of benzene rings is 2. The van der Waals surface area contributed by atoms with Gasteiger partial charge >= 0.3 is 0 Å². The maximum absolute atomic E-state index is 13.1. The fourth-order valence-corrected chi connectivity index (χ4v) is 6.24. The second-order valence-electron chi connectivity index (χ2n) is 9.02. The van der Waals surface area contributed by atoms with Crippen LogP contribution >= 0.6 is 0 Å². The van der Waals surface area contributed by atoms with Crippen molar-refractivity contribution in [2.75, 3.05) is 31.5 Å². The minimum absolute atomic E-state index is 0.162. The van der Waals surface area contributed by atoms with Crippen LogP contribution in [0.3, 0.4) is 0 Å². The monoisotopic (exact) mass is 469 g/mol. The zero-order valence-electron chi connectivity index (χ0n) is 18.9. The van der Waals surface area contributed by atoms with E-state index in [0.717, 1.165) is 12.8 Å². The van der Waals surface area contributed by atoms with Crippen molar-refractivity contribution in [3.8, 4) is 0 Å². The Bertz CT molecular complexity index is 1100. The molecule has 2 fully saturated rings. The Kier molecular flexibility index (Phi) is 7.26. The number of ketones is 1. The Morgan fingerprint density at radius 3 is 2.27 bits per heavy atom. The minimum atomic E-state index is -3.57. The van der Waals surface area contributed by atoms with Crippen LogP contribution in [0.5, 0.6) is 0 Å². The third-order valence-corrected chi connectivity index (χ3v) is 8.62. The molecule has 2 aromatic carbocycles. The summed E-state index contributed by atoms with van der Waals surface area (Å²) < 4.78 is 29.3. The van der Waals surface area contributed by atoms with Crippen LogP contribution in [0.15, 0.2) is 54.6 Å². The topological polar surface area (TPSA) is 86.8 Å². The van der Waals surface area contributed by atoms with E-state index in [1.54, 1.807) is 52.8 Å². The van der Waals surface area contributed by atoms with Gasteiger partial charge in [0.05, 0.1) is 11.6 Å². The molecule has 2 aliphatic rings. The Balaban J connectivity index is 1.46. The predicted octanol–water partition coefficient (Wildman–Crippen LogP) is 3.54. The van der Waals surface area contributed by atoms with Crippen LogP contribution in [-0.2, 0) is 15.0 Å². The third-order valence-electron chi connectivity index (χ3n) is 6.62. The molecule has 0 radical (unpaired) electrons. The molecule has 2 aromatic rings. The number of nitrogens with zero attached hydrogens (tertiary/aromatic N) is 2. The van der Waals surface area contributed by atoms with Gasteiger partial charge in [-0.3, -0.25) is 9.59 Å². The van der Waals surface area contributed by atoms with E-state index in [1.165, 1.54) is 4.31 Å². The minimum Gasteiger partial charge on any atom is -0.325 e. The van der Waals surface area contributed by atoms with Gasteiger partial charge in [0.15, 0.2) is 5.78 Å². The Labute approximate surface area is 196 Å². The molecule has 7 nitrogen and oxygen atoms in total. The van der Waals surface area contributed by atoms with Gasteiger partial charge in [0.25, 0.3) is 10.2 Å². The molecule has 33 heavy (non-hydrogen) atoms. The molecule has 0 spiro atoms. The second kappa shape index (κ2) is 10.2. The number of rotatable bonds is 6. The molecule has 1 atom stereocenters. The first-order chi connectivity index (χ1) is 15.9. The van der Waals surface area contributed by atoms with Crippen molar-refractivity contribution in [1.29, 1.82) is 0 Å². The lowest BCUT2D eigenvalue weighted by Gasteiger charge is -2.37. The zero-order valence-corrected chi connectivity index (χ0v) is 19.8. The van der Waals surface area contributed by atoms with E-state index < -0.39 is 16.1 Å². The van der Waals surface area contributed by atoms with E-state index in [2.05, 4.69) is 12.2 Å². The van der Waals surface area contributed by atoms with Gasteiger partial charge < -0.3 is 5.32 Å². The highest BCUT2D eigenvalue weighted by Gasteiger charge is 2.37. The number of carbonyl (C=O) groups excluding carboxylic acids is 2. The summed E-state index contributed by atoms with van der Waals surface area (Å²) in [5.41, 5.74) is 1.41. The van der Waals surface area contributed by atoms with Crippen LogP contribution in [0.1, 0.15) is 48.5 Å². The first-order valence-electron chi connectivity index (χ1n) is 11.6. The van der Waals surface area contributed by atoms with E-state index in [4.69, 9.17) is 0 Å². The average molecular weight is 470 g/mol. The van der Waals surface area contributed by atoms with Gasteiger partial charge in [0.2, 0.25) is 5.91 Å². The predicted molar refractivity (Wildman–Crippen MR) is 128 cm³/mol. The summed E-state index contributed by atoms with van der Waals surface area (Å²) in [4.78, 5) is 26.1. The lowest BCUT2D eigenvalue weighted by atomic mass is 9.97. The SMILES string of the molecule is CC1CCN(S(=O)(=O)N2CCC[C@@H](C(=O)Nc3ccccc3C(=O)c3ccccc3)C2)CC1. The van der Waals surface area contributed by atoms with Crippen LogP contribution in [0.2, 0.25) is 0 Å². The first-order valence-corrected chi connectivity index (χ1v) is 13.0. The summed E-state index contributed by atoms with van der Waals surface area (Å²) in [5.74, 6) is -0.346. The van der Waals surface area contributed by atoms with Crippen molar-refractivity contribution in [3.63, 3.8) is 0 Å². The van der Waals surface area contributed by atoms with E-state index in [-0.39, 0.29) is 18.2 Å². The molecule has 2 aliphatic heterocycles. The van der Waals surface area contributed by atoms with Gasteiger partial charge in [-0.2, -0.15) is 17.0 Å². The number of amides is 1. The third kappa shape index (κ3) is 5.34. The van der Waals surface area contributed by atoms with Gasteiger partial charge in [-0.1, -0.05) is 49.4 Å². The largest absolute Gasteiger partial charge is 0.325 e. The normalized spacial score (nSPS) is 20.9. The summed E-state index contributed by atoms with van der Waals surface area (Å²) in [6.45, 7) is 3.81. The summed E-state index contributed by atoms with van der Waals surface area (Å²) in [5, 5.41) is 2.89. The molecule has 2 saturated heterocycles. The van der Waals surface area contributed by atoms with Crippen LogP contribution in [0.25, 0.3) is 0 Å². The highest BCUT2D eigenvalue weighted by Crippen LogP contribution is 2.27. The number of piperidine rings is 2. The smallest absolute Gasteiger partial charge is 0.281 e. The van der Waals surface area contributed by atoms with Crippen LogP contribution < -0.4 is 5.32 Å². The molecule has 4 rings (SSSR count). The lowest BCUT2D eigenvalue weighted by Crippen LogP contribution is -2.51. The molecule has 176 valence electrons. The fraction of sp³-hybridized carbons (Fsp3) is 0.440. The summed E-state index contributed by atoms with van der Waals surface area (Å²) >= 11 is 0. The highest BCUT2D eigenvalue weighted by atomic mass is 32.2. The number of nitrogens with one attached hydrogen (secondary N) is 1. The van der Waals surface area contributed by atoms with Crippen LogP contribution in [0.4, 0.5) is 5.69 Å². The van der Waals surface area contributed by atoms with Gasteiger partial charge in [0.1, 0.15) is 0 Å². The van der Waals surface area contributed by atoms with Crippen LogP contribution in [-0.4, -0.2) is 54.9 Å². The first kappa shape index (κ1) is 23.6. The molecular weight excluding hydrogens is 438 g/mol. The Hall–Kier alpha value is -2.55. The van der Waals surface area contributed by atoms with Gasteiger partial charge in [-0.05, 0) is 43.7 Å². The van der Waals surface area contributed by atoms with Crippen molar-refractivity contribution in [2.45, 2.75) is 32.6 Å². The molecule has 0 saturated carbocycles. The van der Waals surface area contributed by atoms with Crippen molar-refractivity contribution in [2.24, 2.45) is 11.8 Å². The van der Waals surface area contributed by atoms with E-state index in [0.29, 0.717) is 55.2 Å². The highest BCUT2D eigenvalue weighted by molar-refractivity contribution is 7.86. The molecule has 1 amide bonds. The van der Waals surface area contributed by atoms with E-state index in [1.807, 2.05) is 6.07 Å². The number of anilines is 1. The second-order valence-corrected chi connectivity index (χ2v) is 10.9. The maximum Gasteiger partial charge on any atom is 0.281 e. The van der Waals surface area contributed by atoms with Crippen molar-refractivity contribution < 1.29 is 18.0 Å². The quantitative estimate of drug-likeness (QED) is 0.656.